The van der Waals surface area contributed by atoms with Crippen molar-refractivity contribution < 1.29 is 0 Å². The van der Waals surface area contributed by atoms with E-state index in [1.165, 1.54) is 5.56 Å². The van der Waals surface area contributed by atoms with Crippen molar-refractivity contribution in [3.8, 4) is 0 Å². The first-order valence-electron chi connectivity index (χ1n) is 3.12. The molecule has 2 aromatic heterocycles. The van der Waals surface area contributed by atoms with Crippen LogP contribution in [0.4, 0.5) is 0 Å². The second-order valence-corrected chi connectivity index (χ2v) is 2.30. The van der Waals surface area contributed by atoms with E-state index in [1.54, 1.807) is 6.33 Å². The van der Waals surface area contributed by atoms with Crippen molar-refractivity contribution in [2.75, 3.05) is 0 Å². The molecule has 0 fully saturated rings. The molecule has 0 aliphatic heterocycles. The monoisotopic (exact) mass is 133 g/mol. The molecule has 2 rings (SSSR count). The molecule has 3 nitrogen and oxygen atoms in total. The molecule has 0 saturated carbocycles. The third-order valence-electron chi connectivity index (χ3n) is 1.46. The lowest BCUT2D eigenvalue weighted by molar-refractivity contribution is 1.10. The first-order chi connectivity index (χ1) is 4.86. The first-order valence-corrected chi connectivity index (χ1v) is 3.12. The van der Waals surface area contributed by atoms with Crippen LogP contribution in [0.1, 0.15) is 5.56 Å². The highest BCUT2D eigenvalue weighted by atomic mass is 15.2. The molecule has 2 aromatic rings. The summed E-state index contributed by atoms with van der Waals surface area (Å²) in [4.78, 5) is 0. The summed E-state index contributed by atoms with van der Waals surface area (Å²) >= 11 is 0. The summed E-state index contributed by atoms with van der Waals surface area (Å²) in [6, 6.07) is 4.02. The maximum absolute atomic E-state index is 3.89. The lowest BCUT2D eigenvalue weighted by Crippen LogP contribution is -1.81. The van der Waals surface area contributed by atoms with Gasteiger partial charge in [0.15, 0.2) is 5.65 Å². The third-order valence-corrected chi connectivity index (χ3v) is 1.46. The lowest BCUT2D eigenvalue weighted by atomic mass is 10.3. The van der Waals surface area contributed by atoms with Gasteiger partial charge in [-0.15, -0.1) is 10.2 Å². The molecule has 10 heavy (non-hydrogen) atoms. The topological polar surface area (TPSA) is 30.2 Å². The van der Waals surface area contributed by atoms with E-state index >= 15 is 0 Å². The van der Waals surface area contributed by atoms with E-state index in [9.17, 15) is 0 Å². The Bertz CT molecular complexity index is 350. The van der Waals surface area contributed by atoms with Gasteiger partial charge in [0.2, 0.25) is 0 Å². The van der Waals surface area contributed by atoms with Crippen LogP contribution >= 0.6 is 0 Å². The number of hydrogen-bond donors (Lipinski definition) is 0. The lowest BCUT2D eigenvalue weighted by Gasteiger charge is -1.91. The third kappa shape index (κ3) is 0.673. The molecular weight excluding hydrogens is 126 g/mol. The molecule has 3 heteroatoms. The number of fused-ring (bicyclic) bond motifs is 1. The smallest absolute Gasteiger partial charge is 0.160 e. The van der Waals surface area contributed by atoms with Gasteiger partial charge in [-0.2, -0.15) is 0 Å². The predicted octanol–water partition coefficient (Wildman–Crippen LogP) is 1.04. The average molecular weight is 133 g/mol. The summed E-state index contributed by atoms with van der Waals surface area (Å²) in [7, 11) is 0. The molecule has 0 aliphatic rings. The van der Waals surface area contributed by atoms with Crippen LogP contribution in [-0.2, 0) is 0 Å². The zero-order chi connectivity index (χ0) is 6.97. The van der Waals surface area contributed by atoms with Crippen LogP contribution in [0.25, 0.3) is 5.65 Å². The van der Waals surface area contributed by atoms with E-state index in [2.05, 4.69) is 10.2 Å². The standard InChI is InChI=1S/C7H7N3/c1-6-2-3-10-5-8-9-7(10)4-6/h2-5H,1H3. The maximum Gasteiger partial charge on any atom is 0.160 e. The van der Waals surface area contributed by atoms with Crippen molar-refractivity contribution in [1.29, 1.82) is 0 Å². The zero-order valence-corrected chi connectivity index (χ0v) is 5.65. The summed E-state index contributed by atoms with van der Waals surface area (Å²) in [5.41, 5.74) is 2.11. The Hall–Kier alpha value is -1.38. The Morgan fingerprint density at radius 2 is 2.40 bits per heavy atom. The molecular formula is C7H7N3. The average Bonchev–Trinajstić information content (AvgIpc) is 2.33. The molecule has 0 aromatic carbocycles. The predicted molar refractivity (Wildman–Crippen MR) is 37.7 cm³/mol. The van der Waals surface area contributed by atoms with Crippen molar-refractivity contribution in [2.45, 2.75) is 6.92 Å². The quantitative estimate of drug-likeness (QED) is 0.537. The van der Waals surface area contributed by atoms with Crippen LogP contribution in [0, 0.1) is 6.92 Å². The number of aromatic nitrogens is 3. The SMILES string of the molecule is Cc1ccn2cnnc2c1. The molecule has 2 heterocycles. The summed E-state index contributed by atoms with van der Waals surface area (Å²) in [5.74, 6) is 0. The normalized spacial score (nSPS) is 10.5. The summed E-state index contributed by atoms with van der Waals surface area (Å²) < 4.78 is 1.88. The second-order valence-electron chi connectivity index (χ2n) is 2.30. The molecule has 0 spiro atoms. The van der Waals surface area contributed by atoms with Crippen molar-refractivity contribution in [3.05, 3.63) is 30.2 Å². The number of pyridine rings is 1. The molecule has 0 radical (unpaired) electrons. The number of hydrogen-bond acceptors (Lipinski definition) is 2. The molecule has 0 atom stereocenters. The van der Waals surface area contributed by atoms with Crippen molar-refractivity contribution in [3.63, 3.8) is 0 Å². The van der Waals surface area contributed by atoms with Gasteiger partial charge in [0.1, 0.15) is 6.33 Å². The number of rotatable bonds is 0. The number of aryl methyl sites for hydroxylation is 1. The molecule has 0 amide bonds. The Morgan fingerprint density at radius 1 is 1.50 bits per heavy atom. The highest BCUT2D eigenvalue weighted by molar-refractivity contribution is 5.38. The van der Waals surface area contributed by atoms with Crippen LogP contribution in [-0.4, -0.2) is 14.6 Å². The van der Waals surface area contributed by atoms with E-state index in [-0.39, 0.29) is 0 Å². The van der Waals surface area contributed by atoms with Crippen LogP contribution in [0.15, 0.2) is 24.7 Å². The van der Waals surface area contributed by atoms with Gasteiger partial charge in [0.25, 0.3) is 0 Å². The highest BCUT2D eigenvalue weighted by Crippen LogP contribution is 2.01. The fourth-order valence-corrected chi connectivity index (χ4v) is 0.919. The van der Waals surface area contributed by atoms with E-state index in [1.807, 2.05) is 29.7 Å². The van der Waals surface area contributed by atoms with Crippen LogP contribution < -0.4 is 0 Å². The van der Waals surface area contributed by atoms with Crippen LogP contribution in [0.3, 0.4) is 0 Å². The molecule has 50 valence electrons. The van der Waals surface area contributed by atoms with E-state index in [0.717, 1.165) is 5.65 Å². The Balaban J connectivity index is 2.86. The van der Waals surface area contributed by atoms with Gasteiger partial charge in [0, 0.05) is 6.20 Å². The first kappa shape index (κ1) is 5.41. The minimum atomic E-state index is 0.903. The highest BCUT2D eigenvalue weighted by Gasteiger charge is 1.91. The number of nitrogens with zero attached hydrogens (tertiary/aromatic N) is 3. The van der Waals surface area contributed by atoms with Gasteiger partial charge >= 0.3 is 0 Å². The van der Waals surface area contributed by atoms with Gasteiger partial charge in [-0.25, -0.2) is 0 Å². The summed E-state index contributed by atoms with van der Waals surface area (Å²) in [5, 5.41) is 7.65. The van der Waals surface area contributed by atoms with Crippen molar-refractivity contribution in [1.82, 2.24) is 14.6 Å². The molecule has 0 bridgehead atoms. The minimum Gasteiger partial charge on any atom is -0.289 e. The minimum absolute atomic E-state index is 0.903. The van der Waals surface area contributed by atoms with Crippen molar-refractivity contribution in [2.24, 2.45) is 0 Å². The van der Waals surface area contributed by atoms with Gasteiger partial charge in [-0.3, -0.25) is 4.40 Å². The Labute approximate surface area is 58.3 Å². The summed E-state index contributed by atoms with van der Waals surface area (Å²) in [6.45, 7) is 2.04. The van der Waals surface area contributed by atoms with Crippen molar-refractivity contribution >= 4 is 5.65 Å². The van der Waals surface area contributed by atoms with Crippen LogP contribution in [0.5, 0.6) is 0 Å². The molecule has 0 unspecified atom stereocenters. The Kier molecular flexibility index (Phi) is 0.974. The molecule has 0 aliphatic carbocycles. The molecule has 0 N–H and O–H groups in total. The fourth-order valence-electron chi connectivity index (χ4n) is 0.919. The van der Waals surface area contributed by atoms with E-state index in [4.69, 9.17) is 0 Å². The van der Waals surface area contributed by atoms with Gasteiger partial charge in [-0.1, -0.05) is 0 Å². The molecule has 0 saturated heterocycles. The van der Waals surface area contributed by atoms with Gasteiger partial charge in [0.05, 0.1) is 0 Å². The summed E-state index contributed by atoms with van der Waals surface area (Å²) in [6.07, 6.45) is 3.64. The second kappa shape index (κ2) is 1.80. The fraction of sp³-hybridized carbons (Fsp3) is 0.143. The zero-order valence-electron chi connectivity index (χ0n) is 5.65. The Morgan fingerprint density at radius 3 is 3.30 bits per heavy atom. The van der Waals surface area contributed by atoms with Gasteiger partial charge < -0.3 is 0 Å². The van der Waals surface area contributed by atoms with Gasteiger partial charge in [-0.05, 0) is 24.6 Å². The van der Waals surface area contributed by atoms with E-state index in [0.29, 0.717) is 0 Å². The largest absolute Gasteiger partial charge is 0.289 e. The van der Waals surface area contributed by atoms with Crippen LogP contribution in [0.2, 0.25) is 0 Å². The maximum atomic E-state index is 3.89. The van der Waals surface area contributed by atoms with E-state index < -0.39 is 0 Å².